The number of rotatable bonds is 5. The van der Waals surface area contributed by atoms with Crippen LogP contribution in [0.3, 0.4) is 0 Å². The van der Waals surface area contributed by atoms with Gasteiger partial charge in [0, 0.05) is 11.6 Å². The van der Waals surface area contributed by atoms with Gasteiger partial charge < -0.3 is 9.84 Å². The van der Waals surface area contributed by atoms with Crippen molar-refractivity contribution in [1.29, 1.82) is 0 Å². The Morgan fingerprint density at radius 3 is 2.76 bits per heavy atom. The van der Waals surface area contributed by atoms with Crippen molar-refractivity contribution in [3.63, 3.8) is 0 Å². The summed E-state index contributed by atoms with van der Waals surface area (Å²) in [4.78, 5) is 23.8. The fourth-order valence-electron chi connectivity index (χ4n) is 1.70. The van der Waals surface area contributed by atoms with Crippen molar-refractivity contribution in [2.75, 3.05) is 6.61 Å². The fourth-order valence-corrected chi connectivity index (χ4v) is 2.75. The summed E-state index contributed by atoms with van der Waals surface area (Å²) in [6.45, 7) is 3.46. The maximum Gasteiger partial charge on any atom is 0.343 e. The molecule has 2 rings (SSSR count). The third kappa shape index (κ3) is 4.75. The number of carbonyl (C=O) groups excluding carboxylic acids is 1. The van der Waals surface area contributed by atoms with Crippen molar-refractivity contribution < 1.29 is 19.0 Å². The number of hydrogen-bond donors (Lipinski definition) is 1. The van der Waals surface area contributed by atoms with E-state index in [1.165, 1.54) is 11.3 Å². The van der Waals surface area contributed by atoms with Crippen LogP contribution in [-0.2, 0) is 9.53 Å². The Hall–Kier alpha value is -2.03. The number of halogens is 3. The summed E-state index contributed by atoms with van der Waals surface area (Å²) in [5, 5.41) is 11.8. The van der Waals surface area contributed by atoms with Crippen LogP contribution in [0.4, 0.5) is 9.52 Å². The minimum absolute atomic E-state index is 0.0702. The predicted molar refractivity (Wildman–Crippen MR) is 95.4 cm³/mol. The molecule has 0 aliphatic heterocycles. The second-order valence-electron chi connectivity index (χ2n) is 4.61. The molecule has 2 aromatic rings. The number of aliphatic hydroxyl groups is 1. The number of aliphatic hydroxyl groups excluding tert-OH is 1. The zero-order chi connectivity index (χ0) is 18.6. The molecule has 6 nitrogen and oxygen atoms in total. The molecular formula is C15H12Cl2FN3O3S. The average Bonchev–Trinajstić information content (AvgIpc) is 2.96. The van der Waals surface area contributed by atoms with Crippen molar-refractivity contribution >= 4 is 57.6 Å². The monoisotopic (exact) mass is 403 g/mol. The van der Waals surface area contributed by atoms with Gasteiger partial charge in [0.15, 0.2) is 11.0 Å². The minimum atomic E-state index is -0.900. The molecule has 0 radical (unpaired) electrons. The van der Waals surface area contributed by atoms with Crippen LogP contribution in [0.2, 0.25) is 10.3 Å². The molecule has 0 amide bonds. The van der Waals surface area contributed by atoms with Crippen molar-refractivity contribution in [3.8, 4) is 0 Å². The molecular weight excluding hydrogens is 392 g/mol. The molecule has 2 heterocycles. The van der Waals surface area contributed by atoms with E-state index in [0.717, 1.165) is 18.0 Å². The molecule has 132 valence electrons. The number of hydrogen-bond acceptors (Lipinski definition) is 7. The molecule has 0 fully saturated rings. The average molecular weight is 404 g/mol. The van der Waals surface area contributed by atoms with E-state index in [-0.39, 0.29) is 22.9 Å². The molecule has 0 bridgehead atoms. The van der Waals surface area contributed by atoms with Crippen molar-refractivity contribution in [2.45, 2.75) is 13.8 Å². The SMILES string of the molecule is CCOC(=O)C(/C=N/c1nc(C)cs1)=C(\O)c1cc(F)c(Cl)nc1Cl. The summed E-state index contributed by atoms with van der Waals surface area (Å²) in [6, 6.07) is 0.869. The van der Waals surface area contributed by atoms with E-state index < -0.39 is 22.7 Å². The van der Waals surface area contributed by atoms with Crippen LogP contribution >= 0.6 is 34.5 Å². The quantitative estimate of drug-likeness (QED) is 0.260. The first-order valence-corrected chi connectivity index (χ1v) is 8.55. The number of thiazole rings is 1. The molecule has 10 heteroatoms. The second kappa shape index (κ2) is 8.37. The van der Waals surface area contributed by atoms with Crippen molar-refractivity contribution in [2.24, 2.45) is 4.99 Å². The van der Waals surface area contributed by atoms with E-state index in [2.05, 4.69) is 15.0 Å². The lowest BCUT2D eigenvalue weighted by molar-refractivity contribution is -0.137. The lowest BCUT2D eigenvalue weighted by Gasteiger charge is -2.08. The van der Waals surface area contributed by atoms with Gasteiger partial charge in [-0.15, -0.1) is 11.3 Å². The van der Waals surface area contributed by atoms with Crippen LogP contribution in [0.15, 0.2) is 22.0 Å². The number of nitrogens with zero attached hydrogens (tertiary/aromatic N) is 3. The summed E-state index contributed by atoms with van der Waals surface area (Å²) in [5.74, 6) is -2.39. The van der Waals surface area contributed by atoms with Gasteiger partial charge in [-0.3, -0.25) is 0 Å². The van der Waals surface area contributed by atoms with Gasteiger partial charge in [-0.25, -0.2) is 24.1 Å². The van der Waals surface area contributed by atoms with Gasteiger partial charge in [0.2, 0.25) is 5.13 Å². The molecule has 0 atom stereocenters. The highest BCUT2D eigenvalue weighted by Gasteiger charge is 2.20. The lowest BCUT2D eigenvalue weighted by Crippen LogP contribution is -2.11. The van der Waals surface area contributed by atoms with Crippen LogP contribution < -0.4 is 0 Å². The first-order chi connectivity index (χ1) is 11.8. The van der Waals surface area contributed by atoms with Crippen LogP contribution in [0.1, 0.15) is 18.2 Å². The molecule has 0 aliphatic rings. The zero-order valence-electron chi connectivity index (χ0n) is 13.1. The van der Waals surface area contributed by atoms with Gasteiger partial charge in [0.05, 0.1) is 17.9 Å². The maximum absolute atomic E-state index is 13.6. The van der Waals surface area contributed by atoms with Gasteiger partial charge in [0.1, 0.15) is 16.5 Å². The van der Waals surface area contributed by atoms with Gasteiger partial charge in [-0.05, 0) is 19.9 Å². The topological polar surface area (TPSA) is 84.7 Å². The minimum Gasteiger partial charge on any atom is -0.506 e. The lowest BCUT2D eigenvalue weighted by atomic mass is 10.1. The fraction of sp³-hybridized carbons (Fsp3) is 0.200. The summed E-state index contributed by atoms with van der Waals surface area (Å²) in [7, 11) is 0. The van der Waals surface area contributed by atoms with Crippen LogP contribution in [0.5, 0.6) is 0 Å². The molecule has 0 spiro atoms. The molecule has 0 aliphatic carbocycles. The standard InChI is InChI=1S/C15H12Cl2FN3O3S/c1-3-24-14(23)9(5-19-15-20-7(2)6-25-15)11(22)8-4-10(18)13(17)21-12(8)16/h4-6,22H,3H2,1-2H3/b11-9-,19-5+. The normalized spacial score (nSPS) is 12.4. The van der Waals surface area contributed by atoms with Gasteiger partial charge in [-0.2, -0.15) is 0 Å². The van der Waals surface area contributed by atoms with E-state index in [1.807, 2.05) is 0 Å². The highest BCUT2D eigenvalue weighted by molar-refractivity contribution is 7.13. The number of aliphatic imine (C=N–C) groups is 1. The number of aryl methyl sites for hydroxylation is 1. The van der Waals surface area contributed by atoms with Crippen molar-refractivity contribution in [1.82, 2.24) is 9.97 Å². The second-order valence-corrected chi connectivity index (χ2v) is 6.16. The van der Waals surface area contributed by atoms with E-state index in [4.69, 9.17) is 27.9 Å². The van der Waals surface area contributed by atoms with E-state index in [1.54, 1.807) is 19.2 Å². The number of aromatic nitrogens is 2. The molecule has 25 heavy (non-hydrogen) atoms. The smallest absolute Gasteiger partial charge is 0.343 e. The largest absolute Gasteiger partial charge is 0.506 e. The summed E-state index contributed by atoms with van der Waals surface area (Å²) < 4.78 is 18.5. The summed E-state index contributed by atoms with van der Waals surface area (Å²) in [5.41, 5.74) is 0.226. The first kappa shape index (κ1) is 19.3. The van der Waals surface area contributed by atoms with Crippen LogP contribution in [0, 0.1) is 12.7 Å². The third-order valence-electron chi connectivity index (χ3n) is 2.80. The number of ether oxygens (including phenoxy) is 1. The Morgan fingerprint density at radius 1 is 1.44 bits per heavy atom. The van der Waals surface area contributed by atoms with Gasteiger partial charge >= 0.3 is 5.97 Å². The Balaban J connectivity index is 2.52. The summed E-state index contributed by atoms with van der Waals surface area (Å²) >= 11 is 12.7. The molecule has 1 N–H and O–H groups in total. The Kier molecular flexibility index (Phi) is 6.46. The molecule has 0 unspecified atom stereocenters. The Labute approximate surface area is 156 Å². The van der Waals surface area contributed by atoms with E-state index in [0.29, 0.717) is 5.13 Å². The molecule has 0 aromatic carbocycles. The third-order valence-corrected chi connectivity index (χ3v) is 4.22. The Morgan fingerprint density at radius 2 is 2.16 bits per heavy atom. The number of esters is 1. The van der Waals surface area contributed by atoms with Gasteiger partial charge in [0.25, 0.3) is 0 Å². The van der Waals surface area contributed by atoms with E-state index in [9.17, 15) is 14.3 Å². The summed E-state index contributed by atoms with van der Waals surface area (Å²) in [6.07, 6.45) is 1.08. The maximum atomic E-state index is 13.6. The van der Waals surface area contributed by atoms with Crippen LogP contribution in [-0.4, -0.2) is 33.9 Å². The first-order valence-electron chi connectivity index (χ1n) is 6.92. The van der Waals surface area contributed by atoms with Gasteiger partial charge in [-0.1, -0.05) is 23.2 Å². The zero-order valence-corrected chi connectivity index (χ0v) is 15.4. The predicted octanol–water partition coefficient (Wildman–Crippen LogP) is 4.53. The Bertz CT molecular complexity index is 868. The molecule has 2 aromatic heterocycles. The highest BCUT2D eigenvalue weighted by Crippen LogP contribution is 2.27. The van der Waals surface area contributed by atoms with E-state index >= 15 is 0 Å². The molecule has 0 saturated heterocycles. The highest BCUT2D eigenvalue weighted by atomic mass is 35.5. The van der Waals surface area contributed by atoms with Crippen LogP contribution in [0.25, 0.3) is 5.76 Å². The molecule has 0 saturated carbocycles. The van der Waals surface area contributed by atoms with Crippen molar-refractivity contribution in [3.05, 3.63) is 44.4 Å². The number of pyridine rings is 1. The number of carbonyl (C=O) groups is 1.